The first-order valence-electron chi connectivity index (χ1n) is 4.88. The fourth-order valence-corrected chi connectivity index (χ4v) is 5.31. The number of alkyl halides is 1. The van der Waals surface area contributed by atoms with E-state index in [0.717, 1.165) is 6.04 Å². The molecule has 14 heavy (non-hydrogen) atoms. The van der Waals surface area contributed by atoms with Gasteiger partial charge in [0.05, 0.1) is 0 Å². The van der Waals surface area contributed by atoms with Gasteiger partial charge in [0.15, 0.2) is 7.38 Å². The van der Waals surface area contributed by atoms with Crippen molar-refractivity contribution in [1.29, 1.82) is 0 Å². The molecule has 0 N–H and O–H groups in total. The van der Waals surface area contributed by atoms with Crippen LogP contribution in [0.25, 0.3) is 0 Å². The molecule has 0 bridgehead atoms. The van der Waals surface area contributed by atoms with Crippen molar-refractivity contribution in [2.24, 2.45) is 0 Å². The Kier molecular flexibility index (Phi) is 4.49. The average molecular weight is 247 g/mol. The van der Waals surface area contributed by atoms with Gasteiger partial charge in [-0.2, -0.15) is 11.1 Å². The van der Waals surface area contributed by atoms with E-state index >= 15 is 0 Å². The first-order chi connectivity index (χ1) is 6.58. The Hall–Kier alpha value is 0.0169. The molecule has 0 aliphatic carbocycles. The van der Waals surface area contributed by atoms with Gasteiger partial charge in [0.2, 0.25) is 0 Å². The van der Waals surface area contributed by atoms with E-state index in [9.17, 15) is 0 Å². The molecule has 1 aromatic rings. The van der Waals surface area contributed by atoms with Crippen molar-refractivity contribution in [2.75, 3.05) is 5.88 Å². The van der Waals surface area contributed by atoms with Gasteiger partial charge in [-0.05, 0) is 17.1 Å². The standard InChI is InChI=1S/C11H16Cl2Si/c1-10(14(2,13)9-8-12)11-6-4-3-5-7-11/h3-7,10H,8-9H2,1-2H3. The number of rotatable bonds is 4. The van der Waals surface area contributed by atoms with E-state index < -0.39 is 7.38 Å². The van der Waals surface area contributed by atoms with E-state index in [2.05, 4.69) is 37.7 Å². The lowest BCUT2D eigenvalue weighted by atomic mass is 10.2. The van der Waals surface area contributed by atoms with Crippen LogP contribution in [-0.2, 0) is 0 Å². The van der Waals surface area contributed by atoms with Crippen molar-refractivity contribution in [3.63, 3.8) is 0 Å². The molecule has 0 saturated carbocycles. The highest BCUT2D eigenvalue weighted by Gasteiger charge is 2.31. The quantitative estimate of drug-likeness (QED) is 0.420. The van der Waals surface area contributed by atoms with E-state index in [1.807, 2.05) is 6.07 Å². The summed E-state index contributed by atoms with van der Waals surface area (Å²) in [5.41, 5.74) is 1.80. The summed E-state index contributed by atoms with van der Waals surface area (Å²) in [6, 6.07) is 11.4. The third kappa shape index (κ3) is 3.01. The van der Waals surface area contributed by atoms with Crippen LogP contribution in [0.4, 0.5) is 0 Å². The first kappa shape index (κ1) is 12.1. The highest BCUT2D eigenvalue weighted by molar-refractivity contribution is 7.20. The van der Waals surface area contributed by atoms with Gasteiger partial charge in [0.1, 0.15) is 0 Å². The first-order valence-corrected chi connectivity index (χ1v) is 9.21. The molecular weight excluding hydrogens is 231 g/mol. The minimum atomic E-state index is -1.71. The maximum atomic E-state index is 6.58. The Morgan fingerprint density at radius 3 is 2.36 bits per heavy atom. The lowest BCUT2D eigenvalue weighted by Gasteiger charge is -2.26. The highest BCUT2D eigenvalue weighted by atomic mass is 35.6. The van der Waals surface area contributed by atoms with E-state index in [4.69, 9.17) is 22.7 Å². The van der Waals surface area contributed by atoms with Gasteiger partial charge < -0.3 is 0 Å². The van der Waals surface area contributed by atoms with Gasteiger partial charge in [-0.1, -0.05) is 43.8 Å². The molecule has 0 heterocycles. The maximum Gasteiger partial charge on any atom is 0.161 e. The minimum Gasteiger partial charge on any atom is -0.167 e. The second-order valence-electron chi connectivity index (χ2n) is 3.85. The summed E-state index contributed by atoms with van der Waals surface area (Å²) in [7, 11) is -1.71. The molecule has 0 radical (unpaired) electrons. The van der Waals surface area contributed by atoms with E-state index in [0.29, 0.717) is 11.4 Å². The summed E-state index contributed by atoms with van der Waals surface area (Å²) in [5, 5.41) is 0. The molecule has 0 aliphatic rings. The van der Waals surface area contributed by atoms with Crippen LogP contribution >= 0.6 is 22.7 Å². The molecule has 3 heteroatoms. The summed E-state index contributed by atoms with van der Waals surface area (Å²) in [4.78, 5) is 0. The smallest absolute Gasteiger partial charge is 0.161 e. The van der Waals surface area contributed by atoms with Crippen LogP contribution in [0.15, 0.2) is 30.3 Å². The van der Waals surface area contributed by atoms with Crippen LogP contribution in [0.3, 0.4) is 0 Å². The lowest BCUT2D eigenvalue weighted by Crippen LogP contribution is -2.30. The Morgan fingerprint density at radius 1 is 1.29 bits per heavy atom. The molecule has 2 atom stereocenters. The monoisotopic (exact) mass is 246 g/mol. The molecule has 0 nitrogen and oxygen atoms in total. The van der Waals surface area contributed by atoms with Crippen molar-refractivity contribution in [3.8, 4) is 0 Å². The average Bonchev–Trinajstić information content (AvgIpc) is 2.18. The summed E-state index contributed by atoms with van der Waals surface area (Å²) < 4.78 is 0. The molecule has 1 aromatic carbocycles. The Morgan fingerprint density at radius 2 is 1.86 bits per heavy atom. The molecule has 0 aliphatic heterocycles. The predicted molar refractivity (Wildman–Crippen MR) is 67.9 cm³/mol. The fraction of sp³-hybridized carbons (Fsp3) is 0.455. The molecule has 0 saturated heterocycles. The molecular formula is C11H16Cl2Si. The van der Waals surface area contributed by atoms with Gasteiger partial charge in [-0.15, -0.1) is 11.6 Å². The Bertz CT molecular complexity index is 272. The fourth-order valence-electron chi connectivity index (χ4n) is 1.49. The Labute approximate surface area is 96.9 Å². The third-order valence-electron chi connectivity index (χ3n) is 2.79. The van der Waals surface area contributed by atoms with Gasteiger partial charge in [0, 0.05) is 5.88 Å². The zero-order valence-electron chi connectivity index (χ0n) is 8.63. The number of halogens is 2. The SMILES string of the molecule is CC(c1ccccc1)[Si](C)(Cl)CCCl. The second kappa shape index (κ2) is 5.20. The predicted octanol–water partition coefficient (Wildman–Crippen LogP) is 4.38. The van der Waals surface area contributed by atoms with Crippen molar-refractivity contribution in [1.82, 2.24) is 0 Å². The van der Waals surface area contributed by atoms with Crippen molar-refractivity contribution >= 4 is 30.1 Å². The highest BCUT2D eigenvalue weighted by Crippen LogP contribution is 2.32. The molecule has 0 fully saturated rings. The van der Waals surface area contributed by atoms with Gasteiger partial charge in [-0.3, -0.25) is 0 Å². The summed E-state index contributed by atoms with van der Waals surface area (Å²) >= 11 is 12.3. The molecule has 0 spiro atoms. The summed E-state index contributed by atoms with van der Waals surface area (Å²) in [5.74, 6) is 0.670. The van der Waals surface area contributed by atoms with Crippen molar-refractivity contribution in [3.05, 3.63) is 35.9 Å². The zero-order chi connectivity index (χ0) is 10.6. The van der Waals surface area contributed by atoms with Crippen LogP contribution in [0.1, 0.15) is 18.0 Å². The molecule has 2 unspecified atom stereocenters. The van der Waals surface area contributed by atoms with Gasteiger partial charge >= 0.3 is 0 Å². The maximum absolute atomic E-state index is 6.58. The van der Waals surface area contributed by atoms with Gasteiger partial charge in [-0.25, -0.2) is 0 Å². The van der Waals surface area contributed by atoms with E-state index in [1.54, 1.807) is 0 Å². The molecule has 1 rings (SSSR count). The van der Waals surface area contributed by atoms with Crippen LogP contribution in [0.5, 0.6) is 0 Å². The van der Waals surface area contributed by atoms with Crippen molar-refractivity contribution in [2.45, 2.75) is 25.1 Å². The van der Waals surface area contributed by atoms with E-state index in [-0.39, 0.29) is 0 Å². The number of hydrogen-bond donors (Lipinski definition) is 0. The van der Waals surface area contributed by atoms with Crippen molar-refractivity contribution < 1.29 is 0 Å². The molecule has 78 valence electrons. The Balaban J connectivity index is 2.79. The molecule has 0 aromatic heterocycles. The second-order valence-corrected chi connectivity index (χ2v) is 10.7. The minimum absolute atomic E-state index is 0.462. The summed E-state index contributed by atoms with van der Waals surface area (Å²) in [6.07, 6.45) is 0. The van der Waals surface area contributed by atoms with Gasteiger partial charge in [0.25, 0.3) is 0 Å². The van der Waals surface area contributed by atoms with Crippen LogP contribution in [-0.4, -0.2) is 13.3 Å². The zero-order valence-corrected chi connectivity index (χ0v) is 11.1. The van der Waals surface area contributed by atoms with E-state index in [1.165, 1.54) is 5.56 Å². The largest absolute Gasteiger partial charge is 0.167 e. The molecule has 0 amide bonds. The van der Waals surface area contributed by atoms with Crippen LogP contribution in [0, 0.1) is 0 Å². The third-order valence-corrected chi connectivity index (χ3v) is 8.21. The topological polar surface area (TPSA) is 0 Å². The lowest BCUT2D eigenvalue weighted by molar-refractivity contribution is 1.02. The van der Waals surface area contributed by atoms with Crippen LogP contribution in [0.2, 0.25) is 12.6 Å². The normalized spacial score (nSPS) is 17.4. The van der Waals surface area contributed by atoms with Crippen LogP contribution < -0.4 is 0 Å². The summed E-state index contributed by atoms with van der Waals surface area (Å²) in [6.45, 7) is 4.40. The number of benzene rings is 1. The number of hydrogen-bond acceptors (Lipinski definition) is 0.